The standard InChI is InChI=1S/C53H40O/c1-2-3-10-27-54-46-32-44(41-18-17-35-11-4-5-13-37(35)28-41)31-45(33-46)42-22-21-38-29-40(20-19-39(38)30-42)43-24-26-51-52(34-43)49-16-9-8-15-48(49)50-25-23-36-12-6-7-14-47(36)53(50)51/h4-9,11-26,28-34H,2-3,10,27H2,1H3. The summed E-state index contributed by atoms with van der Waals surface area (Å²) in [6.45, 7) is 2.96. The summed E-state index contributed by atoms with van der Waals surface area (Å²) in [5.41, 5.74) is 7.17. The zero-order valence-corrected chi connectivity index (χ0v) is 30.5. The Balaban J connectivity index is 1.05. The van der Waals surface area contributed by atoms with E-state index in [1.807, 2.05) is 0 Å². The average Bonchev–Trinajstić information content (AvgIpc) is 3.24. The predicted molar refractivity (Wildman–Crippen MR) is 233 cm³/mol. The highest BCUT2D eigenvalue weighted by Crippen LogP contribution is 2.41. The lowest BCUT2D eigenvalue weighted by atomic mass is 9.89. The summed E-state index contributed by atoms with van der Waals surface area (Å²) in [5.74, 6) is 0.923. The van der Waals surface area contributed by atoms with Crippen molar-refractivity contribution in [1.82, 2.24) is 0 Å². The van der Waals surface area contributed by atoms with Crippen LogP contribution in [0.4, 0.5) is 0 Å². The molecule has 0 N–H and O–H groups in total. The fraction of sp³-hybridized carbons (Fsp3) is 0.0943. The molecule has 1 nitrogen and oxygen atoms in total. The smallest absolute Gasteiger partial charge is 0.120 e. The molecule has 0 fully saturated rings. The van der Waals surface area contributed by atoms with Crippen molar-refractivity contribution < 1.29 is 4.74 Å². The largest absolute Gasteiger partial charge is 0.494 e. The first-order valence-corrected chi connectivity index (χ1v) is 19.3. The normalized spacial score (nSPS) is 11.7. The van der Waals surface area contributed by atoms with E-state index in [2.05, 4.69) is 183 Å². The van der Waals surface area contributed by atoms with Crippen molar-refractivity contribution >= 4 is 64.6 Å². The molecule has 0 bridgehead atoms. The van der Waals surface area contributed by atoms with Crippen molar-refractivity contribution in [3.8, 4) is 39.1 Å². The highest BCUT2D eigenvalue weighted by molar-refractivity contribution is 6.31. The quantitative estimate of drug-likeness (QED) is 0.114. The number of unbranched alkanes of at least 4 members (excludes halogenated alkanes) is 2. The van der Waals surface area contributed by atoms with E-state index in [0.717, 1.165) is 18.8 Å². The predicted octanol–water partition coefficient (Wildman–Crippen LogP) is 15.2. The molecule has 0 aliphatic carbocycles. The molecular formula is C53H40O. The van der Waals surface area contributed by atoms with E-state index in [0.29, 0.717) is 0 Å². The van der Waals surface area contributed by atoms with Crippen LogP contribution >= 0.6 is 0 Å². The van der Waals surface area contributed by atoms with E-state index in [1.165, 1.54) is 111 Å². The summed E-state index contributed by atoms with van der Waals surface area (Å²) in [5, 5.41) is 15.4. The van der Waals surface area contributed by atoms with Crippen LogP contribution < -0.4 is 4.74 Å². The molecular weight excluding hydrogens is 653 g/mol. The molecule has 0 aliphatic rings. The topological polar surface area (TPSA) is 9.23 Å². The van der Waals surface area contributed by atoms with Crippen LogP contribution in [0.2, 0.25) is 0 Å². The molecule has 10 rings (SSSR count). The molecule has 0 saturated carbocycles. The van der Waals surface area contributed by atoms with Gasteiger partial charge in [0.05, 0.1) is 6.61 Å². The lowest BCUT2D eigenvalue weighted by Crippen LogP contribution is -1.97. The summed E-state index contributed by atoms with van der Waals surface area (Å²) in [4.78, 5) is 0. The van der Waals surface area contributed by atoms with Gasteiger partial charge in [-0.15, -0.1) is 0 Å². The molecule has 54 heavy (non-hydrogen) atoms. The van der Waals surface area contributed by atoms with Crippen molar-refractivity contribution in [3.63, 3.8) is 0 Å². The second-order valence-corrected chi connectivity index (χ2v) is 14.7. The van der Waals surface area contributed by atoms with Crippen LogP contribution in [0.5, 0.6) is 5.75 Å². The van der Waals surface area contributed by atoms with Crippen molar-refractivity contribution in [3.05, 3.63) is 176 Å². The van der Waals surface area contributed by atoms with Crippen molar-refractivity contribution in [2.24, 2.45) is 0 Å². The Hall–Kier alpha value is -6.44. The first-order valence-electron chi connectivity index (χ1n) is 19.3. The molecule has 0 radical (unpaired) electrons. The van der Waals surface area contributed by atoms with Gasteiger partial charge in [0.1, 0.15) is 5.75 Å². The summed E-state index contributed by atoms with van der Waals surface area (Å²) >= 11 is 0. The summed E-state index contributed by atoms with van der Waals surface area (Å²) in [6.07, 6.45) is 3.41. The Morgan fingerprint density at radius 1 is 0.333 bits per heavy atom. The monoisotopic (exact) mass is 692 g/mol. The number of ether oxygens (including phenoxy) is 1. The first-order chi connectivity index (χ1) is 26.7. The second kappa shape index (κ2) is 13.5. The van der Waals surface area contributed by atoms with Gasteiger partial charge in [-0.05, 0) is 147 Å². The van der Waals surface area contributed by atoms with Crippen molar-refractivity contribution in [2.75, 3.05) is 6.61 Å². The Bertz CT molecular complexity index is 3040. The van der Waals surface area contributed by atoms with Gasteiger partial charge in [-0.2, -0.15) is 0 Å². The number of hydrogen-bond acceptors (Lipinski definition) is 1. The van der Waals surface area contributed by atoms with Gasteiger partial charge in [-0.25, -0.2) is 0 Å². The van der Waals surface area contributed by atoms with Gasteiger partial charge in [-0.1, -0.05) is 153 Å². The summed E-state index contributed by atoms with van der Waals surface area (Å²) in [7, 11) is 0. The molecule has 0 aliphatic heterocycles. The minimum absolute atomic E-state index is 0.729. The lowest BCUT2D eigenvalue weighted by Gasteiger charge is -2.15. The van der Waals surface area contributed by atoms with Crippen LogP contribution in [0.1, 0.15) is 26.2 Å². The Labute approximate surface area is 316 Å². The van der Waals surface area contributed by atoms with Gasteiger partial charge in [0.25, 0.3) is 0 Å². The molecule has 0 aromatic heterocycles. The molecule has 0 spiro atoms. The Kier molecular flexibility index (Phi) is 8.07. The minimum atomic E-state index is 0.729. The van der Waals surface area contributed by atoms with E-state index >= 15 is 0 Å². The van der Waals surface area contributed by atoms with E-state index in [4.69, 9.17) is 4.74 Å². The summed E-state index contributed by atoms with van der Waals surface area (Å²) < 4.78 is 6.37. The summed E-state index contributed by atoms with van der Waals surface area (Å²) in [6, 6.07) is 65.0. The van der Waals surface area contributed by atoms with Crippen LogP contribution in [0.25, 0.3) is 98.0 Å². The highest BCUT2D eigenvalue weighted by Gasteiger charge is 2.14. The molecule has 10 aromatic carbocycles. The fourth-order valence-electron chi connectivity index (χ4n) is 8.44. The maximum absolute atomic E-state index is 6.37. The number of benzene rings is 10. The second-order valence-electron chi connectivity index (χ2n) is 14.7. The Morgan fingerprint density at radius 2 is 0.815 bits per heavy atom. The van der Waals surface area contributed by atoms with Gasteiger partial charge in [0, 0.05) is 0 Å². The van der Waals surface area contributed by atoms with E-state index in [9.17, 15) is 0 Å². The molecule has 0 saturated heterocycles. The third kappa shape index (κ3) is 5.74. The van der Waals surface area contributed by atoms with Gasteiger partial charge in [0.15, 0.2) is 0 Å². The van der Waals surface area contributed by atoms with Crippen LogP contribution in [0, 0.1) is 0 Å². The third-order valence-corrected chi connectivity index (χ3v) is 11.2. The van der Waals surface area contributed by atoms with Gasteiger partial charge < -0.3 is 4.74 Å². The maximum Gasteiger partial charge on any atom is 0.120 e. The zero-order valence-electron chi connectivity index (χ0n) is 30.5. The molecule has 1 heteroatoms. The van der Waals surface area contributed by atoms with Crippen molar-refractivity contribution in [2.45, 2.75) is 26.2 Å². The lowest BCUT2D eigenvalue weighted by molar-refractivity contribution is 0.306. The van der Waals surface area contributed by atoms with Crippen molar-refractivity contribution in [1.29, 1.82) is 0 Å². The average molecular weight is 693 g/mol. The van der Waals surface area contributed by atoms with Crippen LogP contribution in [-0.2, 0) is 0 Å². The van der Waals surface area contributed by atoms with Gasteiger partial charge in [-0.3, -0.25) is 0 Å². The van der Waals surface area contributed by atoms with Gasteiger partial charge >= 0.3 is 0 Å². The molecule has 258 valence electrons. The molecule has 0 atom stereocenters. The Morgan fingerprint density at radius 3 is 1.52 bits per heavy atom. The number of hydrogen-bond donors (Lipinski definition) is 0. The van der Waals surface area contributed by atoms with Crippen LogP contribution in [0.15, 0.2) is 176 Å². The molecule has 0 amide bonds. The van der Waals surface area contributed by atoms with E-state index in [1.54, 1.807) is 0 Å². The molecule has 0 heterocycles. The fourth-order valence-corrected chi connectivity index (χ4v) is 8.44. The molecule has 0 unspecified atom stereocenters. The molecule has 10 aromatic rings. The van der Waals surface area contributed by atoms with Crippen LogP contribution in [0.3, 0.4) is 0 Å². The minimum Gasteiger partial charge on any atom is -0.494 e. The zero-order chi connectivity index (χ0) is 36.0. The van der Waals surface area contributed by atoms with Crippen LogP contribution in [-0.4, -0.2) is 6.61 Å². The SMILES string of the molecule is CCCCCOc1cc(-c2ccc3ccccc3c2)cc(-c2ccc3cc(-c4ccc5c(c4)c4ccccc4c4ccc6ccccc6c45)ccc3c2)c1. The van der Waals surface area contributed by atoms with Gasteiger partial charge in [0.2, 0.25) is 0 Å². The third-order valence-electron chi connectivity index (χ3n) is 11.2. The number of rotatable bonds is 8. The van der Waals surface area contributed by atoms with E-state index < -0.39 is 0 Å². The number of fused-ring (bicyclic) bond motifs is 10. The maximum atomic E-state index is 6.37. The highest BCUT2D eigenvalue weighted by atomic mass is 16.5. The van der Waals surface area contributed by atoms with E-state index in [-0.39, 0.29) is 0 Å². The first kappa shape index (κ1) is 32.2.